The smallest absolute Gasteiger partial charge is 0.251 e. The summed E-state index contributed by atoms with van der Waals surface area (Å²) in [5.41, 5.74) is 18.9. The second-order valence-electron chi connectivity index (χ2n) is 34.7. The molecule has 3 aliphatic rings. The number of aliphatic imine (C=N–C) groups is 1. The molecule has 0 bridgehead atoms. The monoisotopic (exact) mass is 1850 g/mol. The van der Waals surface area contributed by atoms with Crippen molar-refractivity contribution in [3.05, 3.63) is 325 Å². The fourth-order valence-electron chi connectivity index (χ4n) is 17.3. The number of amides is 7. The first-order chi connectivity index (χ1) is 63.3. The van der Waals surface area contributed by atoms with Gasteiger partial charge in [-0.25, -0.2) is 0 Å². The summed E-state index contributed by atoms with van der Waals surface area (Å²) in [5, 5.41) is 30.0. The molecule has 131 heavy (non-hydrogen) atoms. The highest BCUT2D eigenvalue weighted by Crippen LogP contribution is 2.32. The molecule has 10 aromatic carbocycles. The van der Waals surface area contributed by atoms with Crippen molar-refractivity contribution >= 4 is 110 Å². The molecule has 0 radical (unpaired) electrons. The van der Waals surface area contributed by atoms with E-state index in [1.165, 1.54) is 22.3 Å². The van der Waals surface area contributed by atoms with E-state index in [4.69, 9.17) is 57.9 Å². The topological polar surface area (TPSA) is 293 Å². The van der Waals surface area contributed by atoms with Gasteiger partial charge in [-0.3, -0.25) is 43.5 Å². The van der Waals surface area contributed by atoms with Crippen molar-refractivity contribution in [2.45, 2.75) is 171 Å². The van der Waals surface area contributed by atoms with Gasteiger partial charge in [-0.1, -0.05) is 260 Å². The standard InChI is InChI=1S/C36H46Cl2N4O2.C36H41N7O3.C33H40Cl2N4O2/c1-25(2)42(26(3)4)22-19-34-36(44)41(24-31(27-11-7-5-8-12-27)28-13-9-6-10-14-28)21-18-30(40-34)17-20-39-35(43)29-15-16-32(37)33(38)23-29;37-36(38)39-20-9-16-32-35(46)43(24-31(26-11-3-1-4-12-26)34(45)42-29-14-5-2-6-15-29)21-19-30(41-32)23-40-33(44)28-18-17-25-10-7-8-13-27(25)22-28;1-23(2)36-19-16-31-33(41)39(22-28(24-9-5-3-6-10-24)25-11-7-4-8-12-25)20-17-27(38-31)15-18-37-32(40)26-13-14-29(34)30(35)21-26/h5-16,23,25-26,30-31,34,40H,17-22,24H2,1-4H3,(H,39,43);1-8,10-15,17-18,22,30-32,41H,9,16,19-21,23-24H2,(H,40,44)(H,42,45)(H4,37,38,39);3-14,21,23,27-28,31,36,38H,15-20,22H2,1-2H3,(H,37,40)/t30-,34+;30-,31+,32-;27-,31+/m101/s1. The number of para-hydroxylation sites is 1. The quantitative estimate of drug-likeness (QED) is 0.00984. The van der Waals surface area contributed by atoms with Gasteiger partial charge in [-0.2, -0.15) is 0 Å². The maximum atomic E-state index is 14.2. The van der Waals surface area contributed by atoms with Gasteiger partial charge < -0.3 is 68.7 Å². The second kappa shape index (κ2) is 51.7. The molecular weight excluding hydrogens is 1730 g/mol. The van der Waals surface area contributed by atoms with Crippen molar-refractivity contribution in [1.29, 1.82) is 0 Å². The zero-order chi connectivity index (χ0) is 93.1. The summed E-state index contributed by atoms with van der Waals surface area (Å²) in [6, 6.07) is 83.9. The van der Waals surface area contributed by atoms with Gasteiger partial charge in [0.15, 0.2) is 5.96 Å². The second-order valence-corrected chi connectivity index (χ2v) is 36.3. The highest BCUT2D eigenvalue weighted by Gasteiger charge is 2.38. The van der Waals surface area contributed by atoms with Crippen LogP contribution in [0.4, 0.5) is 5.69 Å². The maximum Gasteiger partial charge on any atom is 0.251 e. The number of nitrogens with two attached hydrogens (primary N) is 2. The van der Waals surface area contributed by atoms with E-state index in [-0.39, 0.29) is 95.9 Å². The summed E-state index contributed by atoms with van der Waals surface area (Å²) >= 11 is 24.2. The average molecular weight is 1850 g/mol. The predicted octanol–water partition coefficient (Wildman–Crippen LogP) is 16.5. The number of carbonyl (C=O) groups excluding carboxylic acids is 7. The molecule has 12 N–H and O–H groups in total. The van der Waals surface area contributed by atoms with Crippen LogP contribution in [-0.2, 0) is 19.2 Å². The number of hydrogen-bond acceptors (Lipinski definition) is 13. The Morgan fingerprint density at radius 1 is 0.420 bits per heavy atom. The van der Waals surface area contributed by atoms with E-state index >= 15 is 0 Å². The van der Waals surface area contributed by atoms with E-state index in [1.807, 2.05) is 132 Å². The average Bonchev–Trinajstić information content (AvgIpc) is 1.30. The minimum absolute atomic E-state index is 0.00573. The first kappa shape index (κ1) is 101. The zero-order valence-corrected chi connectivity index (χ0v) is 78.9. The number of rotatable bonds is 37. The molecule has 7 atom stereocenters. The zero-order valence-electron chi connectivity index (χ0n) is 75.9. The van der Waals surface area contributed by atoms with Crippen LogP contribution < -0.4 is 54.0 Å². The van der Waals surface area contributed by atoms with Crippen LogP contribution in [0.25, 0.3) is 10.8 Å². The summed E-state index contributed by atoms with van der Waals surface area (Å²) in [5.74, 6) is -0.983. The molecule has 3 fully saturated rings. The number of nitrogens with zero attached hydrogens (tertiary/aromatic N) is 5. The Kier molecular flexibility index (Phi) is 39.7. The van der Waals surface area contributed by atoms with Crippen LogP contribution in [0.3, 0.4) is 0 Å². The molecule has 3 saturated heterocycles. The molecule has 692 valence electrons. The predicted molar refractivity (Wildman–Crippen MR) is 532 cm³/mol. The number of benzene rings is 10. The van der Waals surface area contributed by atoms with Crippen molar-refractivity contribution < 1.29 is 33.6 Å². The Balaban J connectivity index is 0.000000190. The van der Waals surface area contributed by atoms with Gasteiger partial charge in [0.1, 0.15) is 0 Å². The van der Waals surface area contributed by atoms with Gasteiger partial charge in [0, 0.05) is 142 Å². The summed E-state index contributed by atoms with van der Waals surface area (Å²) in [4.78, 5) is 107. The molecule has 0 saturated carbocycles. The Bertz CT molecular complexity index is 5230. The molecule has 0 aromatic heterocycles. The van der Waals surface area contributed by atoms with Crippen LogP contribution in [0.2, 0.25) is 20.1 Å². The van der Waals surface area contributed by atoms with Crippen molar-refractivity contribution in [3.8, 4) is 0 Å². The number of carbonyl (C=O) groups is 7. The summed E-state index contributed by atoms with van der Waals surface area (Å²) < 4.78 is 0. The summed E-state index contributed by atoms with van der Waals surface area (Å²) in [6.45, 7) is 19.5. The molecule has 22 nitrogen and oxygen atoms in total. The number of fused-ring (bicyclic) bond motifs is 1. The molecule has 0 spiro atoms. The summed E-state index contributed by atoms with van der Waals surface area (Å²) in [6.07, 6.45) is 6.12. The third-order valence-electron chi connectivity index (χ3n) is 24.3. The molecule has 0 unspecified atom stereocenters. The lowest BCUT2D eigenvalue weighted by Crippen LogP contribution is -2.49. The lowest BCUT2D eigenvalue weighted by atomic mass is 9.90. The minimum Gasteiger partial charge on any atom is -0.370 e. The van der Waals surface area contributed by atoms with E-state index in [0.29, 0.717) is 158 Å². The molecule has 13 rings (SSSR count). The Morgan fingerprint density at radius 2 is 0.809 bits per heavy atom. The Morgan fingerprint density at radius 3 is 1.26 bits per heavy atom. The van der Waals surface area contributed by atoms with Crippen LogP contribution >= 0.6 is 46.4 Å². The van der Waals surface area contributed by atoms with Gasteiger partial charge >= 0.3 is 0 Å². The van der Waals surface area contributed by atoms with Crippen LogP contribution in [0.1, 0.15) is 176 Å². The normalized spacial score (nSPS) is 17.4. The van der Waals surface area contributed by atoms with E-state index in [1.54, 1.807) is 41.3 Å². The highest BCUT2D eigenvalue weighted by atomic mass is 35.5. The molecule has 0 aliphatic carbocycles. The molecule has 7 amide bonds. The van der Waals surface area contributed by atoms with E-state index in [9.17, 15) is 33.6 Å². The largest absolute Gasteiger partial charge is 0.370 e. The van der Waals surface area contributed by atoms with E-state index < -0.39 is 12.0 Å². The third kappa shape index (κ3) is 31.1. The first-order valence-corrected chi connectivity index (χ1v) is 47.4. The van der Waals surface area contributed by atoms with Gasteiger partial charge in [0.05, 0.1) is 44.1 Å². The fourth-order valence-corrected chi connectivity index (χ4v) is 17.9. The van der Waals surface area contributed by atoms with Crippen molar-refractivity contribution in [2.24, 2.45) is 16.5 Å². The lowest BCUT2D eigenvalue weighted by Gasteiger charge is -2.33. The van der Waals surface area contributed by atoms with Gasteiger partial charge in [0.25, 0.3) is 17.7 Å². The fraction of sp³-hybridized carbons (Fsp3) is 0.371. The minimum atomic E-state index is -0.586. The Labute approximate surface area is 792 Å². The number of guanidine groups is 1. The van der Waals surface area contributed by atoms with Crippen LogP contribution in [0, 0.1) is 0 Å². The summed E-state index contributed by atoms with van der Waals surface area (Å²) in [7, 11) is 0. The molecule has 10 aromatic rings. The molecule has 3 heterocycles. The highest BCUT2D eigenvalue weighted by molar-refractivity contribution is 6.42. The SMILES string of the molecule is CC(C)N(CC[C@@H]1N[C@H](CCNC(=O)c2ccc(Cl)c(Cl)c2)CCN(CC(c2ccccc2)c2ccccc2)C1=O)C(C)C.CC(C)NCC[C@@H]1N[C@H](CCNC(=O)c2ccc(Cl)c(Cl)c2)CCN(CC(c2ccccc2)c2ccccc2)C1=O.NC(N)=NCCC[C@@H]1N[C@H](CNC(=O)c2ccc3ccccc3c2)CCN(C[C@@H](C(=O)Nc2ccccc2)c2ccccc2)C1=O. The molecular formula is C105H127Cl4N15O7. The third-order valence-corrected chi connectivity index (χ3v) is 25.8. The van der Waals surface area contributed by atoms with Crippen molar-refractivity contribution in [2.75, 3.05) is 83.9 Å². The van der Waals surface area contributed by atoms with Gasteiger partial charge in [-0.15, -0.1) is 0 Å². The number of hydrogen-bond donors (Lipinski definition) is 10. The lowest BCUT2D eigenvalue weighted by molar-refractivity contribution is -0.134. The van der Waals surface area contributed by atoms with Crippen molar-refractivity contribution in [1.82, 2.24) is 56.8 Å². The van der Waals surface area contributed by atoms with Crippen LogP contribution in [-0.4, -0.2) is 200 Å². The van der Waals surface area contributed by atoms with Crippen LogP contribution in [0.5, 0.6) is 0 Å². The number of halogens is 4. The number of anilines is 1. The van der Waals surface area contributed by atoms with E-state index in [0.717, 1.165) is 48.7 Å². The van der Waals surface area contributed by atoms with Gasteiger partial charge in [0.2, 0.25) is 23.6 Å². The van der Waals surface area contributed by atoms with E-state index in [2.05, 4.69) is 196 Å². The molecule has 26 heteroatoms. The maximum absolute atomic E-state index is 14.2. The van der Waals surface area contributed by atoms with Crippen LogP contribution in [0.15, 0.2) is 266 Å². The first-order valence-electron chi connectivity index (χ1n) is 45.9. The van der Waals surface area contributed by atoms with Gasteiger partial charge in [-0.05, 0) is 191 Å². The number of nitrogens with one attached hydrogen (secondary N) is 8. The molecule has 3 aliphatic heterocycles. The van der Waals surface area contributed by atoms with Crippen molar-refractivity contribution in [3.63, 3.8) is 0 Å². The Hall–Kier alpha value is -11.0.